The van der Waals surface area contributed by atoms with E-state index in [4.69, 9.17) is 0 Å². The smallest absolute Gasteiger partial charge is 0.361 e. The van der Waals surface area contributed by atoms with Gasteiger partial charge < -0.3 is 5.32 Å². The maximum atomic E-state index is 12.2. The lowest BCUT2D eigenvalue weighted by Gasteiger charge is -2.07. The first kappa shape index (κ1) is 13.5. The summed E-state index contributed by atoms with van der Waals surface area (Å²) in [5, 5.41) is 2.57. The summed E-state index contributed by atoms with van der Waals surface area (Å²) in [4.78, 5) is 0. The second-order valence-corrected chi connectivity index (χ2v) is 4.22. The zero-order valence-electron chi connectivity index (χ0n) is 8.20. The zero-order valence-corrected chi connectivity index (χ0v) is 9.02. The van der Waals surface area contributed by atoms with Crippen LogP contribution in [0.25, 0.3) is 0 Å². The van der Waals surface area contributed by atoms with E-state index in [1.165, 1.54) is 0 Å². The second kappa shape index (κ2) is 4.74. The van der Waals surface area contributed by atoms with Gasteiger partial charge in [-0.15, -0.1) is 3.89 Å². The van der Waals surface area contributed by atoms with Crippen molar-refractivity contribution < 1.29 is 25.5 Å². The molecule has 94 valence electrons. The zero-order chi connectivity index (χ0) is 13.1. The highest BCUT2D eigenvalue weighted by Gasteiger charge is 2.29. The molecule has 0 unspecified atom stereocenters. The van der Waals surface area contributed by atoms with E-state index in [-0.39, 0.29) is 11.1 Å². The molecule has 0 aromatic heterocycles. The molecule has 0 aliphatic carbocycles. The van der Waals surface area contributed by atoms with E-state index in [2.05, 4.69) is 5.32 Å². The van der Waals surface area contributed by atoms with Crippen LogP contribution >= 0.6 is 0 Å². The first-order valence-corrected chi connectivity index (χ1v) is 5.68. The van der Waals surface area contributed by atoms with Crippen LogP contribution in [0.1, 0.15) is 5.56 Å². The Labute approximate surface area is 95.0 Å². The van der Waals surface area contributed by atoms with Gasteiger partial charge in [-0.25, -0.2) is 0 Å². The fourth-order valence-corrected chi connectivity index (χ4v) is 1.20. The standard InChI is InChI=1S/C9H7F4NO2S/c10-9(11,12)7-1-3-8(4-2-7)14-5-6-17(13,15)16/h1-6,14H/b6-5+. The van der Waals surface area contributed by atoms with Crippen LogP contribution in [0.4, 0.5) is 22.7 Å². The summed E-state index contributed by atoms with van der Waals surface area (Å²) in [6.45, 7) is 0. The number of halogens is 4. The van der Waals surface area contributed by atoms with Gasteiger partial charge in [-0.2, -0.15) is 21.6 Å². The molecular formula is C9H7F4NO2S. The Hall–Kier alpha value is -1.57. The number of benzene rings is 1. The molecule has 0 saturated carbocycles. The highest BCUT2D eigenvalue weighted by Crippen LogP contribution is 2.29. The molecular weight excluding hydrogens is 262 g/mol. The van der Waals surface area contributed by atoms with E-state index in [0.29, 0.717) is 0 Å². The Morgan fingerprint density at radius 3 is 2.06 bits per heavy atom. The predicted molar refractivity (Wildman–Crippen MR) is 54.2 cm³/mol. The summed E-state index contributed by atoms with van der Waals surface area (Å²) >= 11 is 0. The molecule has 3 nitrogen and oxygen atoms in total. The molecule has 1 aromatic rings. The SMILES string of the molecule is O=S(=O)(F)/C=C/Nc1ccc(C(F)(F)F)cc1. The third-order valence-corrected chi connectivity index (χ3v) is 2.15. The molecule has 0 fully saturated rings. The predicted octanol–water partition coefficient (Wildman–Crippen LogP) is 2.89. The average Bonchev–Trinajstić information content (AvgIpc) is 2.15. The minimum Gasteiger partial charge on any atom is -0.361 e. The Balaban J connectivity index is 2.73. The summed E-state index contributed by atoms with van der Waals surface area (Å²) in [5.74, 6) is 0. The maximum Gasteiger partial charge on any atom is 0.416 e. The van der Waals surface area contributed by atoms with Gasteiger partial charge in [-0.1, -0.05) is 0 Å². The third kappa shape index (κ3) is 4.85. The van der Waals surface area contributed by atoms with Crippen LogP contribution in [0.2, 0.25) is 0 Å². The fraction of sp³-hybridized carbons (Fsp3) is 0.111. The Morgan fingerprint density at radius 2 is 1.65 bits per heavy atom. The summed E-state index contributed by atoms with van der Waals surface area (Å²) in [6, 6.07) is 3.83. The van der Waals surface area contributed by atoms with Crippen LogP contribution < -0.4 is 5.32 Å². The Kier molecular flexibility index (Phi) is 3.76. The van der Waals surface area contributed by atoms with E-state index in [1.54, 1.807) is 0 Å². The van der Waals surface area contributed by atoms with Gasteiger partial charge >= 0.3 is 16.4 Å². The minimum atomic E-state index is -4.75. The molecule has 0 aliphatic heterocycles. The first-order valence-electron chi connectivity index (χ1n) is 4.23. The van der Waals surface area contributed by atoms with Crippen molar-refractivity contribution >= 4 is 15.9 Å². The molecule has 1 aromatic carbocycles. The molecule has 0 saturated heterocycles. The van der Waals surface area contributed by atoms with Crippen molar-refractivity contribution in [2.45, 2.75) is 6.18 Å². The number of nitrogens with one attached hydrogen (secondary N) is 1. The lowest BCUT2D eigenvalue weighted by atomic mass is 10.2. The van der Waals surface area contributed by atoms with Gasteiger partial charge in [0.2, 0.25) is 0 Å². The Bertz CT molecular complexity index is 505. The number of alkyl halides is 3. The molecule has 8 heteroatoms. The van der Waals surface area contributed by atoms with Gasteiger partial charge in [0.15, 0.2) is 0 Å². The lowest BCUT2D eigenvalue weighted by molar-refractivity contribution is -0.137. The van der Waals surface area contributed by atoms with Crippen LogP contribution in [0.15, 0.2) is 35.9 Å². The van der Waals surface area contributed by atoms with Crippen LogP contribution in [-0.4, -0.2) is 8.42 Å². The van der Waals surface area contributed by atoms with E-state index in [9.17, 15) is 25.5 Å². The quantitative estimate of drug-likeness (QED) is 0.678. The van der Waals surface area contributed by atoms with E-state index >= 15 is 0 Å². The van der Waals surface area contributed by atoms with Crippen molar-refractivity contribution in [3.8, 4) is 0 Å². The van der Waals surface area contributed by atoms with Gasteiger partial charge in [0.1, 0.15) is 0 Å². The summed E-state index contributed by atoms with van der Waals surface area (Å²) in [6.07, 6.45) is -3.66. The van der Waals surface area contributed by atoms with Gasteiger partial charge in [-0.3, -0.25) is 0 Å². The molecule has 0 bridgehead atoms. The van der Waals surface area contributed by atoms with Crippen molar-refractivity contribution in [1.29, 1.82) is 0 Å². The molecule has 1 N–H and O–H groups in total. The van der Waals surface area contributed by atoms with E-state index < -0.39 is 22.0 Å². The van der Waals surface area contributed by atoms with Gasteiger partial charge in [0, 0.05) is 11.9 Å². The van der Waals surface area contributed by atoms with Gasteiger partial charge in [0.25, 0.3) is 0 Å². The second-order valence-electron chi connectivity index (χ2n) is 3.00. The van der Waals surface area contributed by atoms with Gasteiger partial charge in [0.05, 0.1) is 11.0 Å². The van der Waals surface area contributed by atoms with Gasteiger partial charge in [-0.05, 0) is 24.3 Å². The maximum absolute atomic E-state index is 12.2. The first-order chi connectivity index (χ1) is 7.68. The molecule has 0 atom stereocenters. The summed E-state index contributed by atoms with van der Waals surface area (Å²) in [5.41, 5.74) is -0.622. The van der Waals surface area contributed by atoms with Crippen LogP contribution in [0.3, 0.4) is 0 Å². The largest absolute Gasteiger partial charge is 0.416 e. The van der Waals surface area contributed by atoms with Crippen molar-refractivity contribution in [3.63, 3.8) is 0 Å². The highest BCUT2D eigenvalue weighted by atomic mass is 32.3. The summed E-state index contributed by atoms with van der Waals surface area (Å²) in [7, 11) is -4.75. The molecule has 0 heterocycles. The number of hydrogen-bond acceptors (Lipinski definition) is 3. The third-order valence-electron chi connectivity index (χ3n) is 1.69. The Morgan fingerprint density at radius 1 is 1.12 bits per heavy atom. The van der Waals surface area contributed by atoms with Crippen LogP contribution in [0.5, 0.6) is 0 Å². The van der Waals surface area contributed by atoms with Crippen molar-refractivity contribution in [2.24, 2.45) is 0 Å². The minimum absolute atomic E-state index is 0.206. The number of hydrogen-bond donors (Lipinski definition) is 1. The number of anilines is 1. The van der Waals surface area contributed by atoms with Crippen molar-refractivity contribution in [3.05, 3.63) is 41.4 Å². The molecule has 1 rings (SSSR count). The normalized spacial score (nSPS) is 12.9. The van der Waals surface area contributed by atoms with Crippen molar-refractivity contribution in [1.82, 2.24) is 0 Å². The van der Waals surface area contributed by atoms with Crippen molar-refractivity contribution in [2.75, 3.05) is 5.32 Å². The average molecular weight is 269 g/mol. The van der Waals surface area contributed by atoms with E-state index in [1.807, 2.05) is 0 Å². The monoisotopic (exact) mass is 269 g/mol. The molecule has 0 aliphatic rings. The van der Waals surface area contributed by atoms with Crippen LogP contribution in [-0.2, 0) is 16.4 Å². The molecule has 17 heavy (non-hydrogen) atoms. The highest BCUT2D eigenvalue weighted by molar-refractivity contribution is 7.89. The molecule has 0 spiro atoms. The molecule has 0 radical (unpaired) electrons. The summed E-state index contributed by atoms with van der Waals surface area (Å²) < 4.78 is 68.6. The molecule has 0 amide bonds. The van der Waals surface area contributed by atoms with Crippen LogP contribution in [0, 0.1) is 0 Å². The number of rotatable bonds is 3. The lowest BCUT2D eigenvalue weighted by Crippen LogP contribution is -2.04. The van der Waals surface area contributed by atoms with E-state index in [0.717, 1.165) is 30.5 Å². The fourth-order valence-electron chi connectivity index (χ4n) is 0.967. The topological polar surface area (TPSA) is 46.2 Å².